The van der Waals surface area contributed by atoms with E-state index in [2.05, 4.69) is 6.07 Å². The molecule has 1 unspecified atom stereocenters. The molecule has 0 radical (unpaired) electrons. The maximum Gasteiger partial charge on any atom is 0.120 e. The Hall–Kier alpha value is -1.06. The molecule has 1 saturated carbocycles. The van der Waals surface area contributed by atoms with Crippen molar-refractivity contribution in [2.75, 3.05) is 6.61 Å². The lowest BCUT2D eigenvalue weighted by molar-refractivity contribution is -0.153. The van der Waals surface area contributed by atoms with Crippen molar-refractivity contribution in [1.82, 2.24) is 0 Å². The highest BCUT2D eigenvalue weighted by atomic mass is 16.5. The van der Waals surface area contributed by atoms with Crippen molar-refractivity contribution in [3.8, 4) is 5.75 Å². The molecular formula is C17H22O3. The molecule has 20 heavy (non-hydrogen) atoms. The summed E-state index contributed by atoms with van der Waals surface area (Å²) < 4.78 is 12.1. The van der Waals surface area contributed by atoms with E-state index < -0.39 is 0 Å². The fraction of sp³-hybridized carbons (Fsp3) is 0.647. The van der Waals surface area contributed by atoms with E-state index in [0.717, 1.165) is 43.6 Å². The molecule has 2 fully saturated rings. The third-order valence-electron chi connectivity index (χ3n) is 5.18. The van der Waals surface area contributed by atoms with Gasteiger partial charge in [-0.2, -0.15) is 0 Å². The van der Waals surface area contributed by atoms with Crippen molar-refractivity contribution in [3.05, 3.63) is 29.3 Å². The Kier molecular flexibility index (Phi) is 3.00. The molecule has 4 rings (SSSR count). The van der Waals surface area contributed by atoms with Crippen molar-refractivity contribution in [3.63, 3.8) is 0 Å². The van der Waals surface area contributed by atoms with Crippen LogP contribution in [0.3, 0.4) is 0 Å². The van der Waals surface area contributed by atoms with E-state index in [9.17, 15) is 5.11 Å². The van der Waals surface area contributed by atoms with Gasteiger partial charge < -0.3 is 14.6 Å². The Morgan fingerprint density at radius 2 is 2.15 bits per heavy atom. The maximum absolute atomic E-state index is 9.84. The van der Waals surface area contributed by atoms with Crippen LogP contribution < -0.4 is 4.74 Å². The molecule has 0 aromatic heterocycles. The summed E-state index contributed by atoms with van der Waals surface area (Å²) in [6.07, 6.45) is 7.53. The summed E-state index contributed by atoms with van der Waals surface area (Å²) in [6, 6.07) is 6.16. The summed E-state index contributed by atoms with van der Waals surface area (Å²) >= 11 is 0. The molecule has 3 heteroatoms. The summed E-state index contributed by atoms with van der Waals surface area (Å²) in [4.78, 5) is 0. The number of ether oxygens (including phenoxy) is 2. The Morgan fingerprint density at radius 3 is 2.95 bits per heavy atom. The molecule has 1 aromatic carbocycles. The first-order chi connectivity index (χ1) is 9.74. The summed E-state index contributed by atoms with van der Waals surface area (Å²) in [5.74, 6) is 0.958. The molecular weight excluding hydrogens is 252 g/mol. The minimum atomic E-state index is -0.277. The van der Waals surface area contributed by atoms with E-state index in [-0.39, 0.29) is 17.8 Å². The SMILES string of the molecule is O[C@H]1CCc2cc(OC3CCOC4(CCC4)C3)ccc21. The van der Waals surface area contributed by atoms with Gasteiger partial charge in [0.05, 0.1) is 18.3 Å². The second kappa shape index (κ2) is 4.74. The van der Waals surface area contributed by atoms with Crippen LogP contribution in [0.2, 0.25) is 0 Å². The monoisotopic (exact) mass is 274 g/mol. The number of benzene rings is 1. The molecule has 0 amide bonds. The van der Waals surface area contributed by atoms with Gasteiger partial charge in [0.15, 0.2) is 0 Å². The predicted octanol–water partition coefficient (Wildman–Crippen LogP) is 3.15. The van der Waals surface area contributed by atoms with Gasteiger partial charge in [0.25, 0.3) is 0 Å². The molecule has 1 N–H and O–H groups in total. The summed E-state index contributed by atoms with van der Waals surface area (Å²) in [5, 5.41) is 9.84. The van der Waals surface area contributed by atoms with Gasteiger partial charge in [-0.25, -0.2) is 0 Å². The zero-order valence-electron chi connectivity index (χ0n) is 11.8. The van der Waals surface area contributed by atoms with Crippen LogP contribution in [-0.2, 0) is 11.2 Å². The third-order valence-corrected chi connectivity index (χ3v) is 5.18. The van der Waals surface area contributed by atoms with Gasteiger partial charge in [-0.3, -0.25) is 0 Å². The second-order valence-electron chi connectivity index (χ2n) is 6.53. The minimum Gasteiger partial charge on any atom is -0.490 e. The number of aliphatic hydroxyl groups is 1. The van der Waals surface area contributed by atoms with E-state index in [0.29, 0.717) is 0 Å². The molecule has 1 aliphatic heterocycles. The van der Waals surface area contributed by atoms with Crippen molar-refractivity contribution in [2.24, 2.45) is 0 Å². The largest absolute Gasteiger partial charge is 0.490 e. The van der Waals surface area contributed by atoms with E-state index in [4.69, 9.17) is 9.47 Å². The third kappa shape index (κ3) is 2.13. The fourth-order valence-corrected chi connectivity index (χ4v) is 3.84. The Labute approximate surface area is 119 Å². The molecule has 1 aromatic rings. The highest BCUT2D eigenvalue weighted by molar-refractivity contribution is 5.40. The first kappa shape index (κ1) is 12.7. The predicted molar refractivity (Wildman–Crippen MR) is 75.9 cm³/mol. The zero-order chi connectivity index (χ0) is 13.6. The Morgan fingerprint density at radius 1 is 1.25 bits per heavy atom. The van der Waals surface area contributed by atoms with Crippen LogP contribution in [0.15, 0.2) is 18.2 Å². The lowest BCUT2D eigenvalue weighted by atomic mass is 9.74. The van der Waals surface area contributed by atoms with E-state index >= 15 is 0 Å². The van der Waals surface area contributed by atoms with Gasteiger partial charge in [0.2, 0.25) is 0 Å². The van der Waals surface area contributed by atoms with Gasteiger partial charge in [0, 0.05) is 12.8 Å². The number of aryl methyl sites for hydroxylation is 1. The van der Waals surface area contributed by atoms with Gasteiger partial charge in [0.1, 0.15) is 11.9 Å². The Balaban J connectivity index is 1.46. The lowest BCUT2D eigenvalue weighted by Gasteiger charge is -2.46. The molecule has 3 nitrogen and oxygen atoms in total. The number of rotatable bonds is 2. The van der Waals surface area contributed by atoms with Crippen molar-refractivity contribution < 1.29 is 14.6 Å². The van der Waals surface area contributed by atoms with Crippen LogP contribution in [-0.4, -0.2) is 23.4 Å². The number of fused-ring (bicyclic) bond motifs is 1. The highest BCUT2D eigenvalue weighted by Crippen LogP contribution is 2.43. The van der Waals surface area contributed by atoms with Crippen LogP contribution >= 0.6 is 0 Å². The van der Waals surface area contributed by atoms with E-state index in [1.165, 1.54) is 24.8 Å². The number of aliphatic hydroxyl groups excluding tert-OH is 1. The molecule has 1 spiro atoms. The first-order valence-electron chi connectivity index (χ1n) is 7.86. The van der Waals surface area contributed by atoms with Gasteiger partial charge in [-0.05, 0) is 55.4 Å². The van der Waals surface area contributed by atoms with Gasteiger partial charge >= 0.3 is 0 Å². The molecule has 1 heterocycles. The van der Waals surface area contributed by atoms with Gasteiger partial charge in [-0.1, -0.05) is 6.07 Å². The quantitative estimate of drug-likeness (QED) is 0.900. The molecule has 2 aliphatic carbocycles. The molecule has 1 saturated heterocycles. The standard InChI is InChI=1S/C17H22O3/c18-16-5-2-12-10-13(3-4-15(12)16)20-14-6-9-19-17(11-14)7-1-8-17/h3-4,10,14,16,18H,1-2,5-9,11H2/t14?,16-/m0/s1. The second-order valence-corrected chi connectivity index (χ2v) is 6.53. The average Bonchev–Trinajstić information content (AvgIpc) is 2.79. The van der Waals surface area contributed by atoms with Crippen molar-refractivity contribution in [1.29, 1.82) is 0 Å². The smallest absolute Gasteiger partial charge is 0.120 e. The number of hydrogen-bond donors (Lipinski definition) is 1. The minimum absolute atomic E-state index is 0.135. The topological polar surface area (TPSA) is 38.7 Å². The number of hydrogen-bond acceptors (Lipinski definition) is 3. The molecule has 3 aliphatic rings. The summed E-state index contributed by atoms with van der Waals surface area (Å²) in [7, 11) is 0. The van der Waals surface area contributed by atoms with Crippen molar-refractivity contribution in [2.45, 2.75) is 62.8 Å². The molecule has 0 bridgehead atoms. The summed E-state index contributed by atoms with van der Waals surface area (Å²) in [5.41, 5.74) is 2.47. The van der Waals surface area contributed by atoms with Crippen molar-refractivity contribution >= 4 is 0 Å². The van der Waals surface area contributed by atoms with Crippen LogP contribution in [0.4, 0.5) is 0 Å². The normalized spacial score (nSPS) is 30.9. The maximum atomic E-state index is 9.84. The van der Waals surface area contributed by atoms with Crippen LogP contribution in [0.1, 0.15) is 55.8 Å². The van der Waals surface area contributed by atoms with Gasteiger partial charge in [-0.15, -0.1) is 0 Å². The highest BCUT2D eigenvalue weighted by Gasteiger charge is 2.43. The molecule has 108 valence electrons. The zero-order valence-corrected chi connectivity index (χ0v) is 11.8. The van der Waals surface area contributed by atoms with Crippen LogP contribution in [0, 0.1) is 0 Å². The van der Waals surface area contributed by atoms with Crippen LogP contribution in [0.25, 0.3) is 0 Å². The fourth-order valence-electron chi connectivity index (χ4n) is 3.84. The Bertz CT molecular complexity index is 507. The van der Waals surface area contributed by atoms with Crippen LogP contribution in [0.5, 0.6) is 5.75 Å². The summed E-state index contributed by atoms with van der Waals surface area (Å²) in [6.45, 7) is 0.828. The van der Waals surface area contributed by atoms with E-state index in [1.807, 2.05) is 12.1 Å². The first-order valence-corrected chi connectivity index (χ1v) is 7.86. The van der Waals surface area contributed by atoms with E-state index in [1.54, 1.807) is 0 Å². The lowest BCUT2D eigenvalue weighted by Crippen LogP contribution is -2.48. The average molecular weight is 274 g/mol. The molecule has 2 atom stereocenters.